The third-order valence-electron chi connectivity index (χ3n) is 2.33. The zero-order valence-corrected chi connectivity index (χ0v) is 10.8. The van der Waals surface area contributed by atoms with E-state index in [2.05, 4.69) is 24.2 Å². The molecule has 0 amide bonds. The van der Waals surface area contributed by atoms with Crippen LogP contribution in [0.3, 0.4) is 0 Å². The fourth-order valence-electron chi connectivity index (χ4n) is 1.24. The van der Waals surface area contributed by atoms with Crippen LogP contribution in [-0.4, -0.2) is 40.2 Å². The van der Waals surface area contributed by atoms with Gasteiger partial charge in [0, 0.05) is 6.61 Å². The number of hydrogen-bond donors (Lipinski definition) is 0. The second-order valence-electron chi connectivity index (χ2n) is 4.49. The molecule has 0 aliphatic heterocycles. The van der Waals surface area contributed by atoms with Gasteiger partial charge in [0.05, 0.1) is 19.3 Å². The number of ether oxygens (including phenoxy) is 1. The highest BCUT2D eigenvalue weighted by atomic mass is 19.4. The van der Waals surface area contributed by atoms with Gasteiger partial charge in [0.2, 0.25) is 0 Å². The first-order chi connectivity index (χ1) is 8.80. The molecule has 0 spiro atoms. The van der Waals surface area contributed by atoms with Crippen molar-refractivity contribution in [1.82, 2.24) is 15.0 Å². The molecule has 0 unspecified atom stereocenters. The van der Waals surface area contributed by atoms with Crippen molar-refractivity contribution in [2.45, 2.75) is 33.0 Å². The summed E-state index contributed by atoms with van der Waals surface area (Å²) in [6, 6.07) is 0. The third-order valence-corrected chi connectivity index (χ3v) is 2.33. The summed E-state index contributed by atoms with van der Waals surface area (Å²) in [5.74, 6) is -1.46. The summed E-state index contributed by atoms with van der Waals surface area (Å²) in [4.78, 5) is 10.9. The lowest BCUT2D eigenvalue weighted by Gasteiger charge is -2.05. The minimum atomic E-state index is -4.92. The van der Waals surface area contributed by atoms with Gasteiger partial charge in [-0.2, -0.15) is 13.2 Å². The number of hydrogen-bond acceptors (Lipinski definition) is 4. The first-order valence-corrected chi connectivity index (χ1v) is 5.90. The molecular formula is C11H16F3N3O2. The molecule has 0 saturated heterocycles. The van der Waals surface area contributed by atoms with Gasteiger partial charge in [-0.1, -0.05) is 19.1 Å². The zero-order valence-electron chi connectivity index (χ0n) is 10.8. The quantitative estimate of drug-likeness (QED) is 0.566. The van der Waals surface area contributed by atoms with Crippen LogP contribution >= 0.6 is 0 Å². The Morgan fingerprint density at radius 3 is 2.68 bits per heavy atom. The molecule has 0 saturated carbocycles. The van der Waals surface area contributed by atoms with Gasteiger partial charge in [-0.05, 0) is 12.3 Å². The Morgan fingerprint density at radius 1 is 1.42 bits per heavy atom. The van der Waals surface area contributed by atoms with Gasteiger partial charge in [0.15, 0.2) is 5.69 Å². The molecule has 8 heteroatoms. The molecule has 0 N–H and O–H groups in total. The van der Waals surface area contributed by atoms with E-state index < -0.39 is 17.7 Å². The Balaban J connectivity index is 2.37. The van der Waals surface area contributed by atoms with Crippen molar-refractivity contribution in [2.24, 2.45) is 5.92 Å². The fourth-order valence-corrected chi connectivity index (χ4v) is 1.24. The summed E-state index contributed by atoms with van der Waals surface area (Å²) in [5.41, 5.74) is -0.699. The van der Waals surface area contributed by atoms with Gasteiger partial charge < -0.3 is 4.74 Å². The first-order valence-electron chi connectivity index (χ1n) is 5.90. The molecule has 1 aromatic heterocycles. The highest BCUT2D eigenvalue weighted by Gasteiger charge is 2.41. The molecule has 5 nitrogen and oxygen atoms in total. The van der Waals surface area contributed by atoms with E-state index in [0.29, 0.717) is 19.1 Å². The van der Waals surface area contributed by atoms with Crippen molar-refractivity contribution < 1.29 is 22.7 Å². The maximum atomic E-state index is 12.1. The summed E-state index contributed by atoms with van der Waals surface area (Å²) < 4.78 is 42.8. The molecule has 1 rings (SSSR count). The first kappa shape index (κ1) is 15.6. The molecule has 0 aliphatic carbocycles. The second-order valence-corrected chi connectivity index (χ2v) is 4.49. The number of nitrogens with zero attached hydrogens (tertiary/aromatic N) is 3. The Kier molecular flexibility index (Phi) is 5.46. The van der Waals surface area contributed by atoms with Crippen LogP contribution < -0.4 is 0 Å². The molecule has 108 valence electrons. The lowest BCUT2D eigenvalue weighted by Crippen LogP contribution is -2.23. The fraction of sp³-hybridized carbons (Fsp3) is 0.727. The van der Waals surface area contributed by atoms with Crippen LogP contribution in [0.15, 0.2) is 6.20 Å². The molecule has 1 heterocycles. The van der Waals surface area contributed by atoms with Gasteiger partial charge in [-0.15, -0.1) is 5.10 Å². The summed E-state index contributed by atoms with van der Waals surface area (Å²) >= 11 is 0. The number of halogens is 3. The molecule has 0 bridgehead atoms. The summed E-state index contributed by atoms with van der Waals surface area (Å²) in [5, 5.41) is 6.65. The molecule has 0 atom stereocenters. The average molecular weight is 279 g/mol. The molecule has 0 aromatic carbocycles. The van der Waals surface area contributed by atoms with Crippen molar-refractivity contribution in [3.05, 3.63) is 11.9 Å². The maximum Gasteiger partial charge on any atom is 0.456 e. The Hall–Kier alpha value is -1.44. The zero-order chi connectivity index (χ0) is 14.5. The third kappa shape index (κ3) is 5.37. The van der Waals surface area contributed by atoms with E-state index in [0.717, 1.165) is 17.3 Å². The van der Waals surface area contributed by atoms with E-state index in [9.17, 15) is 18.0 Å². The van der Waals surface area contributed by atoms with E-state index in [4.69, 9.17) is 4.74 Å². The van der Waals surface area contributed by atoms with Gasteiger partial charge >= 0.3 is 6.18 Å². The molecule has 1 aromatic rings. The minimum absolute atomic E-state index is 0.260. The standard InChI is InChI=1S/C11H16F3N3O2/c1-8(2)3-5-19-6-4-17-7-9(15-16-17)10(18)11(12,13)14/h7-8H,3-6H2,1-2H3. The Labute approximate surface area is 108 Å². The summed E-state index contributed by atoms with van der Waals surface area (Å²) in [6.45, 7) is 5.29. The van der Waals surface area contributed by atoms with Gasteiger partial charge in [0.1, 0.15) is 0 Å². The molecule has 0 fully saturated rings. The van der Waals surface area contributed by atoms with Crippen LogP contribution in [0.25, 0.3) is 0 Å². The van der Waals surface area contributed by atoms with Crippen LogP contribution in [-0.2, 0) is 11.3 Å². The van der Waals surface area contributed by atoms with E-state index in [-0.39, 0.29) is 6.54 Å². The van der Waals surface area contributed by atoms with E-state index in [1.807, 2.05) is 0 Å². The largest absolute Gasteiger partial charge is 0.456 e. The number of ketones is 1. The van der Waals surface area contributed by atoms with Crippen LogP contribution in [0.4, 0.5) is 13.2 Å². The Bertz CT molecular complexity index is 416. The minimum Gasteiger partial charge on any atom is -0.380 e. The number of carbonyl (C=O) groups is 1. The van der Waals surface area contributed by atoms with Crippen LogP contribution in [0.5, 0.6) is 0 Å². The SMILES string of the molecule is CC(C)CCOCCn1cc(C(=O)C(F)(F)F)nn1. The molecule has 0 aliphatic rings. The Morgan fingerprint density at radius 2 is 2.11 bits per heavy atom. The van der Waals surface area contributed by atoms with Gasteiger partial charge in [-0.3, -0.25) is 4.79 Å². The van der Waals surface area contributed by atoms with Crippen molar-refractivity contribution in [3.8, 4) is 0 Å². The average Bonchev–Trinajstić information content (AvgIpc) is 2.74. The summed E-state index contributed by atoms with van der Waals surface area (Å²) in [6.07, 6.45) is -3.04. The van der Waals surface area contributed by atoms with Gasteiger partial charge in [-0.25, -0.2) is 4.68 Å². The van der Waals surface area contributed by atoms with Crippen molar-refractivity contribution >= 4 is 5.78 Å². The lowest BCUT2D eigenvalue weighted by atomic mass is 10.1. The number of Topliss-reactive ketones (excluding diaryl/α,β-unsaturated/α-hetero) is 1. The second kappa shape index (κ2) is 6.65. The van der Waals surface area contributed by atoms with E-state index in [1.165, 1.54) is 0 Å². The summed E-state index contributed by atoms with van der Waals surface area (Å²) in [7, 11) is 0. The predicted molar refractivity (Wildman–Crippen MR) is 60.7 cm³/mol. The number of rotatable bonds is 7. The lowest BCUT2D eigenvalue weighted by molar-refractivity contribution is -0.0888. The number of carbonyl (C=O) groups excluding carboxylic acids is 1. The highest BCUT2D eigenvalue weighted by Crippen LogP contribution is 2.19. The normalized spacial score (nSPS) is 12.1. The number of alkyl halides is 3. The predicted octanol–water partition coefficient (Wildman–Crippen LogP) is 2.09. The van der Waals surface area contributed by atoms with Crippen molar-refractivity contribution in [1.29, 1.82) is 0 Å². The maximum absolute atomic E-state index is 12.1. The van der Waals surface area contributed by atoms with Gasteiger partial charge in [0.25, 0.3) is 5.78 Å². The number of aromatic nitrogens is 3. The topological polar surface area (TPSA) is 57.0 Å². The molecule has 0 radical (unpaired) electrons. The smallest absolute Gasteiger partial charge is 0.380 e. The van der Waals surface area contributed by atoms with Crippen LogP contribution in [0.1, 0.15) is 30.8 Å². The van der Waals surface area contributed by atoms with Crippen molar-refractivity contribution in [3.63, 3.8) is 0 Å². The van der Waals surface area contributed by atoms with Crippen LogP contribution in [0, 0.1) is 5.92 Å². The molecular weight excluding hydrogens is 263 g/mol. The van der Waals surface area contributed by atoms with Crippen LogP contribution in [0.2, 0.25) is 0 Å². The highest BCUT2D eigenvalue weighted by molar-refractivity contribution is 5.98. The van der Waals surface area contributed by atoms with E-state index >= 15 is 0 Å². The monoisotopic (exact) mass is 279 g/mol. The molecule has 19 heavy (non-hydrogen) atoms. The van der Waals surface area contributed by atoms with E-state index in [1.54, 1.807) is 0 Å². The van der Waals surface area contributed by atoms with Crippen molar-refractivity contribution in [2.75, 3.05) is 13.2 Å².